The second-order valence-electron chi connectivity index (χ2n) is 18.5. The molecule has 0 aromatic rings. The predicted octanol–water partition coefficient (Wildman–Crippen LogP) is 18.4. The molecule has 1 unspecified atom stereocenters. The van der Waals surface area contributed by atoms with Crippen LogP contribution >= 0.6 is 0 Å². The first-order chi connectivity index (χ1) is 32.0. The van der Waals surface area contributed by atoms with Gasteiger partial charge in [-0.05, 0) is 83.5 Å². The highest BCUT2D eigenvalue weighted by atomic mass is 16.6. The van der Waals surface area contributed by atoms with E-state index in [1.54, 1.807) is 0 Å². The summed E-state index contributed by atoms with van der Waals surface area (Å²) < 4.78 is 16.7. The van der Waals surface area contributed by atoms with Gasteiger partial charge in [-0.15, -0.1) is 0 Å². The van der Waals surface area contributed by atoms with Gasteiger partial charge in [-0.3, -0.25) is 14.4 Å². The van der Waals surface area contributed by atoms with Gasteiger partial charge in [0.1, 0.15) is 13.2 Å². The molecule has 0 aliphatic rings. The zero-order valence-electron chi connectivity index (χ0n) is 43.0. The summed E-state index contributed by atoms with van der Waals surface area (Å²) in [5.74, 6) is -0.889. The maximum absolute atomic E-state index is 12.8. The molecule has 6 heteroatoms. The molecule has 1 atom stereocenters. The number of rotatable bonds is 50. The van der Waals surface area contributed by atoms with Crippen molar-refractivity contribution in [2.75, 3.05) is 13.2 Å². The standard InChI is InChI=1S/C59H104O6/c1-4-7-10-13-16-18-20-22-24-26-27-28-29-30-31-32-33-34-36-37-39-41-43-46-49-52-58(61)64-55-56(54-63-57(60)51-48-45-15-12-9-6-3)65-59(62)53-50-47-44-42-40-38-35-25-23-21-19-17-14-11-8-5-2/h7,10,16,18,22,24-25,27-28,35,56H,4-6,8-9,11-15,17,19-21,23,26,29-34,36-55H2,1-3H3/b10-7-,18-16-,24-22-,28-27-,35-25-. The van der Waals surface area contributed by atoms with Gasteiger partial charge in [0.05, 0.1) is 0 Å². The Morgan fingerprint density at radius 1 is 0.323 bits per heavy atom. The summed E-state index contributed by atoms with van der Waals surface area (Å²) in [5, 5.41) is 0. The van der Waals surface area contributed by atoms with Crippen LogP contribution in [0.25, 0.3) is 0 Å². The van der Waals surface area contributed by atoms with E-state index in [9.17, 15) is 14.4 Å². The van der Waals surface area contributed by atoms with Crippen LogP contribution in [-0.4, -0.2) is 37.2 Å². The average Bonchev–Trinajstić information content (AvgIpc) is 3.30. The number of esters is 3. The van der Waals surface area contributed by atoms with Crippen molar-refractivity contribution in [2.45, 2.75) is 284 Å². The molecule has 0 rings (SSSR count). The van der Waals surface area contributed by atoms with Gasteiger partial charge in [-0.2, -0.15) is 0 Å². The van der Waals surface area contributed by atoms with E-state index in [1.807, 2.05) is 0 Å². The SMILES string of the molecule is CC/C=C\C/C=C\C/C=C\C/C=C\CCCCCCCCCCCCCCC(=O)OCC(COC(=O)CCCCCCCC)OC(=O)CCCCCCC/C=C\CCCCCCCCC. The first-order valence-corrected chi connectivity index (χ1v) is 27.8. The Morgan fingerprint density at radius 3 is 0.954 bits per heavy atom. The average molecular weight is 909 g/mol. The number of carbonyl (C=O) groups is 3. The minimum absolute atomic E-state index is 0.0765. The van der Waals surface area contributed by atoms with E-state index in [2.05, 4.69) is 81.5 Å². The van der Waals surface area contributed by atoms with Crippen molar-refractivity contribution < 1.29 is 28.6 Å². The normalized spacial score (nSPS) is 12.5. The molecule has 6 nitrogen and oxygen atoms in total. The molecule has 0 bridgehead atoms. The van der Waals surface area contributed by atoms with Gasteiger partial charge < -0.3 is 14.2 Å². The van der Waals surface area contributed by atoms with Gasteiger partial charge in [-0.1, -0.05) is 236 Å². The van der Waals surface area contributed by atoms with Crippen molar-refractivity contribution in [3.05, 3.63) is 60.8 Å². The number of allylic oxidation sites excluding steroid dienone is 10. The van der Waals surface area contributed by atoms with Crippen LogP contribution in [0.1, 0.15) is 278 Å². The zero-order chi connectivity index (χ0) is 47.2. The van der Waals surface area contributed by atoms with E-state index < -0.39 is 6.10 Å². The lowest BCUT2D eigenvalue weighted by Gasteiger charge is -2.18. The number of ether oxygens (including phenoxy) is 3. The molecule has 0 fully saturated rings. The number of hydrogen-bond acceptors (Lipinski definition) is 6. The smallest absolute Gasteiger partial charge is 0.306 e. The third-order valence-electron chi connectivity index (χ3n) is 12.0. The molecule has 0 aromatic heterocycles. The van der Waals surface area contributed by atoms with Gasteiger partial charge in [-0.25, -0.2) is 0 Å². The highest BCUT2D eigenvalue weighted by Gasteiger charge is 2.19. The van der Waals surface area contributed by atoms with Crippen LogP contribution in [0, 0.1) is 0 Å². The molecule has 0 aliphatic carbocycles. The highest BCUT2D eigenvalue weighted by Crippen LogP contribution is 2.15. The fourth-order valence-electron chi connectivity index (χ4n) is 7.84. The van der Waals surface area contributed by atoms with Crippen molar-refractivity contribution in [2.24, 2.45) is 0 Å². The molecule has 0 aliphatic heterocycles. The van der Waals surface area contributed by atoms with Crippen LogP contribution in [-0.2, 0) is 28.6 Å². The fraction of sp³-hybridized carbons (Fsp3) is 0.780. The minimum Gasteiger partial charge on any atom is -0.462 e. The fourth-order valence-corrected chi connectivity index (χ4v) is 7.84. The summed E-state index contributed by atoms with van der Waals surface area (Å²) in [6, 6.07) is 0. The molecule has 0 aromatic carbocycles. The number of unbranched alkanes of at least 4 members (excludes halogenated alkanes) is 29. The maximum Gasteiger partial charge on any atom is 0.306 e. The van der Waals surface area contributed by atoms with Crippen LogP contribution in [0.15, 0.2) is 60.8 Å². The summed E-state index contributed by atoms with van der Waals surface area (Å²) in [7, 11) is 0. The second kappa shape index (κ2) is 53.7. The molecule has 0 saturated heterocycles. The van der Waals surface area contributed by atoms with Crippen molar-refractivity contribution in [3.63, 3.8) is 0 Å². The maximum atomic E-state index is 12.8. The predicted molar refractivity (Wildman–Crippen MR) is 279 cm³/mol. The van der Waals surface area contributed by atoms with Crippen LogP contribution in [0.3, 0.4) is 0 Å². The molecule has 0 N–H and O–H groups in total. The van der Waals surface area contributed by atoms with Crippen LogP contribution in [0.2, 0.25) is 0 Å². The summed E-state index contributed by atoms with van der Waals surface area (Å²) in [4.78, 5) is 37.8. The van der Waals surface area contributed by atoms with Gasteiger partial charge in [0.15, 0.2) is 6.10 Å². The molecule has 0 amide bonds. The van der Waals surface area contributed by atoms with Gasteiger partial charge in [0.2, 0.25) is 0 Å². The lowest BCUT2D eigenvalue weighted by Crippen LogP contribution is -2.30. The molecule has 0 saturated carbocycles. The first kappa shape index (κ1) is 62.1. The Balaban J connectivity index is 4.12. The Labute approximate surface area is 402 Å². The number of carbonyl (C=O) groups excluding carboxylic acids is 3. The molecule has 0 radical (unpaired) electrons. The van der Waals surface area contributed by atoms with E-state index in [1.165, 1.54) is 148 Å². The minimum atomic E-state index is -0.774. The highest BCUT2D eigenvalue weighted by molar-refractivity contribution is 5.71. The summed E-state index contributed by atoms with van der Waals surface area (Å²) in [6.45, 7) is 6.47. The third-order valence-corrected chi connectivity index (χ3v) is 12.0. The van der Waals surface area contributed by atoms with Crippen molar-refractivity contribution in [3.8, 4) is 0 Å². The summed E-state index contributed by atoms with van der Waals surface area (Å²) >= 11 is 0. The lowest BCUT2D eigenvalue weighted by atomic mass is 10.0. The Kier molecular flexibility index (Phi) is 51.3. The quantitative estimate of drug-likeness (QED) is 0.0262. The summed E-state index contributed by atoms with van der Waals surface area (Å²) in [5.41, 5.74) is 0. The van der Waals surface area contributed by atoms with Crippen molar-refractivity contribution >= 4 is 17.9 Å². The van der Waals surface area contributed by atoms with E-state index >= 15 is 0 Å². The van der Waals surface area contributed by atoms with Crippen LogP contribution in [0.5, 0.6) is 0 Å². The Morgan fingerprint density at radius 2 is 0.600 bits per heavy atom. The Bertz CT molecular complexity index is 1180. The molecule has 0 spiro atoms. The van der Waals surface area contributed by atoms with Crippen LogP contribution < -0.4 is 0 Å². The van der Waals surface area contributed by atoms with Gasteiger partial charge in [0, 0.05) is 19.3 Å². The third kappa shape index (κ3) is 51.9. The molecule has 376 valence electrons. The van der Waals surface area contributed by atoms with Crippen molar-refractivity contribution in [1.82, 2.24) is 0 Å². The monoisotopic (exact) mass is 909 g/mol. The topological polar surface area (TPSA) is 78.9 Å². The number of hydrogen-bond donors (Lipinski definition) is 0. The van der Waals surface area contributed by atoms with E-state index in [4.69, 9.17) is 14.2 Å². The van der Waals surface area contributed by atoms with Crippen LogP contribution in [0.4, 0.5) is 0 Å². The second-order valence-corrected chi connectivity index (χ2v) is 18.5. The zero-order valence-corrected chi connectivity index (χ0v) is 43.0. The molecule has 65 heavy (non-hydrogen) atoms. The van der Waals surface area contributed by atoms with E-state index in [-0.39, 0.29) is 31.1 Å². The van der Waals surface area contributed by atoms with E-state index in [0.717, 1.165) is 89.9 Å². The molecular weight excluding hydrogens is 805 g/mol. The lowest BCUT2D eigenvalue weighted by molar-refractivity contribution is -0.167. The Hall–Kier alpha value is -2.89. The van der Waals surface area contributed by atoms with Gasteiger partial charge >= 0.3 is 17.9 Å². The molecule has 0 heterocycles. The van der Waals surface area contributed by atoms with Gasteiger partial charge in [0.25, 0.3) is 0 Å². The van der Waals surface area contributed by atoms with Crippen molar-refractivity contribution in [1.29, 1.82) is 0 Å². The largest absolute Gasteiger partial charge is 0.462 e. The summed E-state index contributed by atoms with van der Waals surface area (Å²) in [6.07, 6.45) is 66.7. The van der Waals surface area contributed by atoms with E-state index in [0.29, 0.717) is 19.3 Å². The molecular formula is C59H104O6. The first-order valence-electron chi connectivity index (χ1n) is 27.8.